The van der Waals surface area contributed by atoms with Gasteiger partial charge in [0.1, 0.15) is 0 Å². The third kappa shape index (κ3) is 2.66. The summed E-state index contributed by atoms with van der Waals surface area (Å²) in [5.41, 5.74) is 0.687. The number of hydrogen-bond donors (Lipinski definition) is 0. The van der Waals surface area contributed by atoms with E-state index in [4.69, 9.17) is 16.1 Å². The standard InChI is InChI=1S/C15H16ClN3O3S/c1-9-2-5-12(16)6-13(9)23(20,21)19-7-11(8-19)15-17-14(18-22-15)10-3-4-10/h2,5-6,10-11H,3-4,7-8H2,1H3. The van der Waals surface area contributed by atoms with Crippen LogP contribution in [0.5, 0.6) is 0 Å². The molecule has 1 aliphatic heterocycles. The molecule has 1 saturated heterocycles. The molecule has 2 fully saturated rings. The Labute approximate surface area is 139 Å². The smallest absolute Gasteiger partial charge is 0.243 e. The van der Waals surface area contributed by atoms with Crippen LogP contribution in [0.3, 0.4) is 0 Å². The predicted octanol–water partition coefficient (Wildman–Crippen LogP) is 2.70. The number of halogens is 1. The molecule has 0 unspecified atom stereocenters. The molecule has 0 bridgehead atoms. The van der Waals surface area contributed by atoms with E-state index < -0.39 is 10.0 Å². The van der Waals surface area contributed by atoms with E-state index in [1.54, 1.807) is 19.1 Å². The summed E-state index contributed by atoms with van der Waals surface area (Å²) in [6.07, 6.45) is 2.22. The first kappa shape index (κ1) is 15.1. The molecule has 0 atom stereocenters. The molecular formula is C15H16ClN3O3S. The van der Waals surface area contributed by atoms with Gasteiger partial charge >= 0.3 is 0 Å². The average Bonchev–Trinajstić information content (AvgIpc) is 3.19. The van der Waals surface area contributed by atoms with E-state index in [9.17, 15) is 8.42 Å². The van der Waals surface area contributed by atoms with E-state index in [0.29, 0.717) is 35.5 Å². The molecule has 0 radical (unpaired) electrons. The van der Waals surface area contributed by atoms with Crippen LogP contribution in [0.4, 0.5) is 0 Å². The Hall–Kier alpha value is -1.44. The zero-order chi connectivity index (χ0) is 16.2. The maximum absolute atomic E-state index is 12.7. The van der Waals surface area contributed by atoms with E-state index >= 15 is 0 Å². The predicted molar refractivity (Wildman–Crippen MR) is 84.0 cm³/mol. The van der Waals surface area contributed by atoms with Crippen molar-refractivity contribution in [1.29, 1.82) is 0 Å². The molecule has 8 heteroatoms. The van der Waals surface area contributed by atoms with Gasteiger partial charge < -0.3 is 4.52 Å². The Bertz CT molecular complexity index is 855. The van der Waals surface area contributed by atoms with Gasteiger partial charge in [-0.3, -0.25) is 0 Å². The topological polar surface area (TPSA) is 76.3 Å². The van der Waals surface area contributed by atoms with Crippen LogP contribution in [0.15, 0.2) is 27.6 Å². The Morgan fingerprint density at radius 1 is 1.26 bits per heavy atom. The molecule has 1 aliphatic carbocycles. The first-order valence-corrected chi connectivity index (χ1v) is 9.37. The molecule has 2 aliphatic rings. The molecular weight excluding hydrogens is 338 g/mol. The SMILES string of the molecule is Cc1ccc(Cl)cc1S(=O)(=O)N1CC(c2nc(C3CC3)no2)C1. The van der Waals surface area contributed by atoms with Gasteiger partial charge in [-0.2, -0.15) is 9.29 Å². The zero-order valence-electron chi connectivity index (χ0n) is 12.6. The van der Waals surface area contributed by atoms with E-state index in [1.807, 2.05) is 0 Å². The maximum Gasteiger partial charge on any atom is 0.243 e. The van der Waals surface area contributed by atoms with Gasteiger partial charge in [0, 0.05) is 24.0 Å². The maximum atomic E-state index is 12.7. The largest absolute Gasteiger partial charge is 0.339 e. The van der Waals surface area contributed by atoms with Gasteiger partial charge in [0.2, 0.25) is 15.9 Å². The molecule has 1 saturated carbocycles. The molecule has 122 valence electrons. The average molecular weight is 354 g/mol. The van der Waals surface area contributed by atoms with Crippen LogP contribution in [0.2, 0.25) is 5.02 Å². The molecule has 2 aromatic rings. The lowest BCUT2D eigenvalue weighted by Crippen LogP contribution is -2.48. The summed E-state index contributed by atoms with van der Waals surface area (Å²) in [7, 11) is -3.53. The number of aromatic nitrogens is 2. The van der Waals surface area contributed by atoms with Crippen LogP contribution < -0.4 is 0 Å². The molecule has 0 amide bonds. The highest BCUT2D eigenvalue weighted by atomic mass is 35.5. The molecule has 6 nitrogen and oxygen atoms in total. The number of sulfonamides is 1. The molecule has 23 heavy (non-hydrogen) atoms. The highest BCUT2D eigenvalue weighted by Crippen LogP contribution is 2.39. The fourth-order valence-corrected chi connectivity index (χ4v) is 4.72. The van der Waals surface area contributed by atoms with E-state index in [0.717, 1.165) is 18.7 Å². The van der Waals surface area contributed by atoms with Crippen LogP contribution in [0.1, 0.15) is 42.0 Å². The third-order valence-electron chi connectivity index (χ3n) is 4.37. The Morgan fingerprint density at radius 3 is 2.70 bits per heavy atom. The van der Waals surface area contributed by atoms with Crippen molar-refractivity contribution >= 4 is 21.6 Å². The summed E-state index contributed by atoms with van der Waals surface area (Å²) in [6, 6.07) is 4.90. The minimum absolute atomic E-state index is 0.0238. The van der Waals surface area contributed by atoms with Crippen LogP contribution in [0, 0.1) is 6.92 Å². The van der Waals surface area contributed by atoms with Crippen LogP contribution in [-0.4, -0.2) is 36.0 Å². The number of benzene rings is 1. The molecule has 0 spiro atoms. The molecule has 1 aromatic heterocycles. The summed E-state index contributed by atoms with van der Waals surface area (Å²) in [6.45, 7) is 2.49. The highest BCUT2D eigenvalue weighted by Gasteiger charge is 2.41. The second kappa shape index (κ2) is 5.29. The van der Waals surface area contributed by atoms with Crippen molar-refractivity contribution in [1.82, 2.24) is 14.4 Å². The van der Waals surface area contributed by atoms with Gasteiger partial charge in [-0.25, -0.2) is 8.42 Å². The Balaban J connectivity index is 1.50. The first-order chi connectivity index (χ1) is 10.9. The van der Waals surface area contributed by atoms with Crippen molar-refractivity contribution in [2.45, 2.75) is 36.5 Å². The van der Waals surface area contributed by atoms with Crippen molar-refractivity contribution in [3.05, 3.63) is 40.5 Å². The fraction of sp³-hybridized carbons (Fsp3) is 0.467. The van der Waals surface area contributed by atoms with Gasteiger partial charge in [-0.15, -0.1) is 0 Å². The minimum atomic E-state index is -3.53. The van der Waals surface area contributed by atoms with Crippen molar-refractivity contribution in [3.63, 3.8) is 0 Å². The second-order valence-corrected chi connectivity index (χ2v) is 8.54. The Kier molecular flexibility index (Phi) is 3.48. The molecule has 1 aromatic carbocycles. The number of nitrogens with zero attached hydrogens (tertiary/aromatic N) is 3. The monoisotopic (exact) mass is 353 g/mol. The fourth-order valence-electron chi connectivity index (χ4n) is 2.70. The van der Waals surface area contributed by atoms with Gasteiger partial charge in [-0.1, -0.05) is 22.8 Å². The van der Waals surface area contributed by atoms with Gasteiger partial charge in [0.05, 0.1) is 10.8 Å². The summed E-state index contributed by atoms with van der Waals surface area (Å²) in [5, 5.41) is 4.39. The zero-order valence-corrected chi connectivity index (χ0v) is 14.1. The highest BCUT2D eigenvalue weighted by molar-refractivity contribution is 7.89. The van der Waals surface area contributed by atoms with Gasteiger partial charge in [-0.05, 0) is 37.5 Å². The quantitative estimate of drug-likeness (QED) is 0.844. The van der Waals surface area contributed by atoms with Crippen LogP contribution >= 0.6 is 11.6 Å². The van der Waals surface area contributed by atoms with E-state index in [-0.39, 0.29) is 10.8 Å². The lowest BCUT2D eigenvalue weighted by Gasteiger charge is -2.36. The van der Waals surface area contributed by atoms with Crippen molar-refractivity contribution < 1.29 is 12.9 Å². The minimum Gasteiger partial charge on any atom is -0.339 e. The van der Waals surface area contributed by atoms with Gasteiger partial charge in [0.25, 0.3) is 0 Å². The lowest BCUT2D eigenvalue weighted by molar-refractivity contribution is 0.216. The number of aryl methyl sites for hydroxylation is 1. The van der Waals surface area contributed by atoms with Crippen molar-refractivity contribution in [2.75, 3.05) is 13.1 Å². The summed E-state index contributed by atoms with van der Waals surface area (Å²) in [4.78, 5) is 4.65. The summed E-state index contributed by atoms with van der Waals surface area (Å²) >= 11 is 5.94. The number of rotatable bonds is 4. The van der Waals surface area contributed by atoms with E-state index in [2.05, 4.69) is 10.1 Å². The van der Waals surface area contributed by atoms with Crippen LogP contribution in [0.25, 0.3) is 0 Å². The lowest BCUT2D eigenvalue weighted by atomic mass is 10.0. The summed E-state index contributed by atoms with van der Waals surface area (Å²) < 4.78 is 32.1. The molecule has 2 heterocycles. The normalized spacial score (nSPS) is 19.7. The second-order valence-electron chi connectivity index (χ2n) is 6.19. The third-order valence-corrected chi connectivity index (χ3v) is 6.57. The summed E-state index contributed by atoms with van der Waals surface area (Å²) in [5.74, 6) is 1.71. The van der Waals surface area contributed by atoms with Crippen molar-refractivity contribution in [2.24, 2.45) is 0 Å². The number of hydrogen-bond acceptors (Lipinski definition) is 5. The van der Waals surface area contributed by atoms with E-state index in [1.165, 1.54) is 10.4 Å². The molecule has 0 N–H and O–H groups in total. The van der Waals surface area contributed by atoms with Gasteiger partial charge in [0.15, 0.2) is 5.82 Å². The van der Waals surface area contributed by atoms with Crippen LogP contribution in [-0.2, 0) is 10.0 Å². The first-order valence-electron chi connectivity index (χ1n) is 7.55. The van der Waals surface area contributed by atoms with Crippen molar-refractivity contribution in [3.8, 4) is 0 Å². The molecule has 4 rings (SSSR count). The Morgan fingerprint density at radius 2 is 2.00 bits per heavy atom.